The van der Waals surface area contributed by atoms with Crippen molar-refractivity contribution in [1.29, 1.82) is 0 Å². The Kier molecular flexibility index (Phi) is 9.63. The quantitative estimate of drug-likeness (QED) is 0.333. The molecule has 0 aliphatic rings. The number of carbonyl (C=O) groups is 2. The second-order valence-electron chi connectivity index (χ2n) is 3.03. The monoisotopic (exact) mass is 297 g/mol. The molecule has 95 valence electrons. The van der Waals surface area contributed by atoms with Crippen LogP contribution in [0.4, 0.5) is 0 Å². The van der Waals surface area contributed by atoms with Crippen LogP contribution in [0.15, 0.2) is 0 Å². The van der Waals surface area contributed by atoms with Crippen molar-refractivity contribution < 1.29 is 38.4 Å². The molecule has 0 bridgehead atoms. The van der Waals surface area contributed by atoms with E-state index in [1.807, 2.05) is 0 Å². The van der Waals surface area contributed by atoms with Crippen LogP contribution in [0.5, 0.6) is 0 Å². The minimum absolute atomic E-state index is 0. The van der Waals surface area contributed by atoms with Crippen LogP contribution in [-0.4, -0.2) is 77.0 Å². The summed E-state index contributed by atoms with van der Waals surface area (Å²) in [6.07, 6.45) is -0.734. The molecule has 0 saturated carbocycles. The largest absolute Gasteiger partial charge is 0.481 e. The Morgan fingerprint density at radius 1 is 1.24 bits per heavy atom. The number of hydrogen-bond donors (Lipinski definition) is 4. The topological polar surface area (TPSA) is 149 Å². The predicted octanol–water partition coefficient (Wildman–Crippen LogP) is -1.33. The van der Waals surface area contributed by atoms with Crippen LogP contribution in [0.3, 0.4) is 0 Å². The van der Waals surface area contributed by atoms with E-state index in [0.717, 1.165) is 0 Å². The second kappa shape index (κ2) is 8.36. The smallest absolute Gasteiger partial charge is 0.337 e. The van der Waals surface area contributed by atoms with E-state index in [4.69, 9.17) is 20.0 Å². The van der Waals surface area contributed by atoms with E-state index >= 15 is 0 Å². The summed E-state index contributed by atoms with van der Waals surface area (Å²) < 4.78 is 21.6. The Morgan fingerprint density at radius 3 is 2.00 bits per heavy atom. The van der Waals surface area contributed by atoms with Crippen molar-refractivity contribution in [1.82, 2.24) is 0 Å². The van der Waals surface area contributed by atoms with Crippen LogP contribution in [0.2, 0.25) is 0 Å². The van der Waals surface area contributed by atoms with Gasteiger partial charge in [-0.3, -0.25) is 18.4 Å². The molecule has 0 aromatic carbocycles. The summed E-state index contributed by atoms with van der Waals surface area (Å²) in [7, 11) is -6.55. The summed E-state index contributed by atoms with van der Waals surface area (Å²) in [5, 5.41) is 16.9. The first-order valence-electron chi connectivity index (χ1n) is 3.96. The molecule has 11 heteroatoms. The summed E-state index contributed by atoms with van der Waals surface area (Å²) in [4.78, 5) is 37.8. The van der Waals surface area contributed by atoms with Gasteiger partial charge in [0.2, 0.25) is 0 Å². The fraction of sp³-hybridized carbons (Fsp3) is 0.667. The van der Waals surface area contributed by atoms with Gasteiger partial charge in [-0.15, -0.1) is 0 Å². The summed E-state index contributed by atoms with van der Waals surface area (Å²) >= 11 is 0. The third kappa shape index (κ3) is 11.1. The Hall–Kier alpha value is 0.240. The Bertz CT molecular complexity index is 352. The van der Waals surface area contributed by atoms with E-state index in [1.165, 1.54) is 0 Å². The molecule has 0 aliphatic heterocycles. The van der Waals surface area contributed by atoms with Crippen molar-refractivity contribution in [3.05, 3.63) is 0 Å². The van der Waals surface area contributed by atoms with Crippen LogP contribution >= 0.6 is 7.60 Å². The van der Waals surface area contributed by atoms with Crippen LogP contribution in [-0.2, 0) is 25.0 Å². The molecule has 0 aliphatic carbocycles. The fourth-order valence-corrected chi connectivity index (χ4v) is 3.52. The van der Waals surface area contributed by atoms with Gasteiger partial charge < -0.3 is 20.0 Å². The zero-order valence-electron chi connectivity index (χ0n) is 8.98. The predicted molar refractivity (Wildman–Crippen MR) is 59.1 cm³/mol. The van der Waals surface area contributed by atoms with Crippen LogP contribution in [0.25, 0.3) is 0 Å². The van der Waals surface area contributed by atoms with Crippen molar-refractivity contribution in [2.45, 2.75) is 6.42 Å². The maximum Gasteiger partial charge on any atom is 0.337 e. The summed E-state index contributed by atoms with van der Waals surface area (Å²) in [5.74, 6) is -4.83. The molecule has 0 aromatic rings. The normalized spacial score (nSPS) is 14.5. The van der Waals surface area contributed by atoms with E-state index in [0.29, 0.717) is 0 Å². The van der Waals surface area contributed by atoms with E-state index in [1.54, 1.807) is 0 Å². The maximum atomic E-state index is 11.1. The van der Waals surface area contributed by atoms with Gasteiger partial charge in [0, 0.05) is 46.1 Å². The molecular formula is C6H11NaO8PS. The van der Waals surface area contributed by atoms with Gasteiger partial charge in [-0.2, -0.15) is 0 Å². The summed E-state index contributed by atoms with van der Waals surface area (Å²) in [6.45, 7) is 0. The van der Waals surface area contributed by atoms with Gasteiger partial charge in [-0.1, -0.05) is 0 Å². The molecule has 0 saturated heterocycles. The van der Waals surface area contributed by atoms with E-state index < -0.39 is 53.9 Å². The van der Waals surface area contributed by atoms with Crippen LogP contribution in [0.1, 0.15) is 6.42 Å². The number of aliphatic carboxylic acids is 2. The van der Waals surface area contributed by atoms with Gasteiger partial charge in [-0.05, 0) is 0 Å². The fourth-order valence-electron chi connectivity index (χ4n) is 0.893. The average Bonchev–Trinajstić information content (AvgIpc) is 1.97. The van der Waals surface area contributed by atoms with Gasteiger partial charge in [0.25, 0.3) is 0 Å². The van der Waals surface area contributed by atoms with Crippen molar-refractivity contribution in [2.24, 2.45) is 5.92 Å². The average molecular weight is 297 g/mol. The molecule has 8 nitrogen and oxygen atoms in total. The molecule has 17 heavy (non-hydrogen) atoms. The maximum absolute atomic E-state index is 11.1. The first-order chi connectivity index (χ1) is 7.11. The van der Waals surface area contributed by atoms with Gasteiger partial charge in [-0.25, -0.2) is 0 Å². The number of hydrogen-bond acceptors (Lipinski definition) is 4. The van der Waals surface area contributed by atoms with Crippen molar-refractivity contribution in [2.75, 3.05) is 11.2 Å². The van der Waals surface area contributed by atoms with Gasteiger partial charge in [0.15, 0.2) is 0 Å². The van der Waals surface area contributed by atoms with Crippen molar-refractivity contribution in [3.8, 4) is 0 Å². The Labute approximate surface area is 121 Å². The molecule has 0 rings (SSSR count). The van der Waals surface area contributed by atoms with Crippen molar-refractivity contribution >= 4 is 59.9 Å². The minimum atomic E-state index is -4.48. The van der Waals surface area contributed by atoms with Crippen molar-refractivity contribution in [3.63, 3.8) is 0 Å². The molecule has 0 heterocycles. The molecule has 0 fully saturated rings. The molecule has 4 N–H and O–H groups in total. The van der Waals surface area contributed by atoms with E-state index in [9.17, 15) is 18.4 Å². The molecule has 2 atom stereocenters. The van der Waals surface area contributed by atoms with E-state index in [2.05, 4.69) is 0 Å². The third-order valence-corrected chi connectivity index (χ3v) is 4.74. The Balaban J connectivity index is 0. The molecule has 0 amide bonds. The van der Waals surface area contributed by atoms with Crippen LogP contribution < -0.4 is 0 Å². The zero-order valence-corrected chi connectivity index (χ0v) is 12.7. The standard InChI is InChI=1S/C6H11O8PS.Na/c7-5(8)1-4(6(9)10)2-16(14)3-15(11,12)13;/h4H,1-3H2,(H,7,8)(H,9,10)(H2,11,12,13);. The first-order valence-corrected chi connectivity index (χ1v) is 7.24. The summed E-state index contributed by atoms with van der Waals surface area (Å²) in [6, 6.07) is 0. The second-order valence-corrected chi connectivity index (χ2v) is 6.61. The minimum Gasteiger partial charge on any atom is -0.481 e. The van der Waals surface area contributed by atoms with Gasteiger partial charge >= 0.3 is 19.5 Å². The van der Waals surface area contributed by atoms with E-state index in [-0.39, 0.29) is 29.6 Å². The SMILES string of the molecule is O=C(O)CC(CS(=O)CP(=O)(O)O)C(=O)O.[Na]. The number of carboxylic acid groups (broad SMARTS) is 2. The first kappa shape index (κ1) is 19.6. The van der Waals surface area contributed by atoms with Gasteiger partial charge in [0.05, 0.1) is 12.3 Å². The van der Waals surface area contributed by atoms with Crippen LogP contribution in [0, 0.1) is 5.92 Å². The molecule has 0 aromatic heterocycles. The molecule has 1 radical (unpaired) electrons. The summed E-state index contributed by atoms with van der Waals surface area (Å²) in [5.41, 5.74) is -0.962. The third-order valence-electron chi connectivity index (χ3n) is 1.47. The zero-order chi connectivity index (χ0) is 12.9. The van der Waals surface area contributed by atoms with Gasteiger partial charge in [0.1, 0.15) is 5.49 Å². The number of carboxylic acids is 2. The molecule has 2 unspecified atom stereocenters. The Morgan fingerprint density at radius 2 is 1.71 bits per heavy atom. The molecule has 0 spiro atoms. The molecular weight excluding hydrogens is 286 g/mol. The number of rotatable bonds is 7.